The van der Waals surface area contributed by atoms with Gasteiger partial charge in [0.15, 0.2) is 28.8 Å². The second kappa shape index (κ2) is 10.1. The average Bonchev–Trinajstić information content (AvgIpc) is 2.71. The zero-order valence-electron chi connectivity index (χ0n) is 15.8. The first kappa shape index (κ1) is 22.5. The third-order valence-corrected chi connectivity index (χ3v) is 5.16. The van der Waals surface area contributed by atoms with Crippen molar-refractivity contribution in [3.63, 3.8) is 0 Å². The molecule has 1 atom stereocenters. The number of aromatic hydroxyl groups is 3. The summed E-state index contributed by atoms with van der Waals surface area (Å²) in [5, 5.41) is 29.4. The van der Waals surface area contributed by atoms with Crippen molar-refractivity contribution in [2.45, 2.75) is 18.8 Å². The maximum atomic E-state index is 12.9. The minimum Gasteiger partial charge on any atom is -0.504 e. The van der Waals surface area contributed by atoms with E-state index in [1.54, 1.807) is 28.3 Å². The lowest BCUT2D eigenvalue weighted by molar-refractivity contribution is -0.115. The van der Waals surface area contributed by atoms with E-state index in [1.165, 1.54) is 25.3 Å². The molecule has 0 aliphatic carbocycles. The van der Waals surface area contributed by atoms with Crippen LogP contribution in [0.5, 0.6) is 23.0 Å². The lowest BCUT2D eigenvalue weighted by Crippen LogP contribution is -2.14. The van der Waals surface area contributed by atoms with E-state index in [9.17, 15) is 24.9 Å². The van der Waals surface area contributed by atoms with Crippen molar-refractivity contribution in [3.05, 3.63) is 69.8 Å². The molecule has 3 N–H and O–H groups in total. The Labute approximate surface area is 182 Å². The van der Waals surface area contributed by atoms with Crippen molar-refractivity contribution in [2.24, 2.45) is 0 Å². The van der Waals surface area contributed by atoms with Crippen LogP contribution in [0.4, 0.5) is 0 Å². The van der Waals surface area contributed by atoms with Gasteiger partial charge < -0.3 is 20.1 Å². The molecule has 0 radical (unpaired) electrons. The van der Waals surface area contributed by atoms with Crippen LogP contribution in [-0.2, 0) is 4.79 Å². The summed E-state index contributed by atoms with van der Waals surface area (Å²) in [6.45, 7) is 3.61. The number of hydrogen-bond acceptors (Lipinski definition) is 6. The molecule has 2 rings (SSSR count). The van der Waals surface area contributed by atoms with Crippen LogP contribution in [0.15, 0.2) is 58.7 Å². The molecule has 0 saturated heterocycles. The van der Waals surface area contributed by atoms with Gasteiger partial charge in [-0.25, -0.2) is 0 Å². The van der Waals surface area contributed by atoms with E-state index in [-0.39, 0.29) is 24.4 Å². The average molecular weight is 508 g/mol. The summed E-state index contributed by atoms with van der Waals surface area (Å²) in [4.78, 5) is 25.5. The molecule has 0 bridgehead atoms. The molecule has 29 heavy (non-hydrogen) atoms. The Kier molecular flexibility index (Phi) is 7.83. The van der Waals surface area contributed by atoms with Crippen LogP contribution in [0.2, 0.25) is 0 Å². The van der Waals surface area contributed by atoms with Crippen molar-refractivity contribution >= 4 is 34.2 Å². The Morgan fingerprint density at radius 2 is 1.76 bits per heavy atom. The van der Waals surface area contributed by atoms with E-state index < -0.39 is 23.2 Å². The number of benzene rings is 2. The highest BCUT2D eigenvalue weighted by Gasteiger charge is 2.25. The number of ether oxygens (including phenoxy) is 1. The van der Waals surface area contributed by atoms with Crippen molar-refractivity contribution in [1.82, 2.24) is 0 Å². The largest absolute Gasteiger partial charge is 0.504 e. The van der Waals surface area contributed by atoms with Crippen LogP contribution in [0, 0.1) is 0 Å². The molecule has 0 fully saturated rings. The summed E-state index contributed by atoms with van der Waals surface area (Å²) in [7, 11) is 1.46. The van der Waals surface area contributed by atoms with E-state index in [2.05, 4.69) is 6.58 Å². The fourth-order valence-corrected chi connectivity index (χ4v) is 3.54. The van der Waals surface area contributed by atoms with E-state index in [0.717, 1.165) is 0 Å². The maximum Gasteiger partial charge on any atom is 0.200 e. The number of Topliss-reactive ketones (excluding diaryl/α,β-unsaturated/α-hetero) is 2. The summed E-state index contributed by atoms with van der Waals surface area (Å²) < 4.78 is 6.83. The van der Waals surface area contributed by atoms with Crippen LogP contribution >= 0.6 is 22.6 Å². The van der Waals surface area contributed by atoms with Crippen LogP contribution in [0.3, 0.4) is 0 Å². The highest BCUT2D eigenvalue weighted by molar-refractivity contribution is 14.1. The third kappa shape index (κ3) is 5.38. The summed E-state index contributed by atoms with van der Waals surface area (Å²) in [5.41, 5.74) is 1.12. The lowest BCUT2D eigenvalue weighted by atomic mass is 9.86. The van der Waals surface area contributed by atoms with Crippen LogP contribution in [0.1, 0.15) is 34.7 Å². The summed E-state index contributed by atoms with van der Waals surface area (Å²) in [6, 6.07) is 9.23. The zero-order chi connectivity index (χ0) is 21.6. The van der Waals surface area contributed by atoms with E-state index in [0.29, 0.717) is 22.4 Å². The number of hydrogen-bond donors (Lipinski definition) is 3. The number of phenols is 3. The SMILES string of the molecule is C=C/C(=C/I)C(=O)CC(CC(=O)c1ccccc1OC)c1cc(O)c(O)c(O)c1. The van der Waals surface area contributed by atoms with Gasteiger partial charge in [0.05, 0.1) is 12.7 Å². The van der Waals surface area contributed by atoms with Crippen molar-refractivity contribution in [2.75, 3.05) is 7.11 Å². The van der Waals surface area contributed by atoms with Gasteiger partial charge in [0.2, 0.25) is 0 Å². The number of carbonyl (C=O) groups excluding carboxylic acids is 2. The molecule has 6 nitrogen and oxygen atoms in total. The van der Waals surface area contributed by atoms with Crippen LogP contribution in [0.25, 0.3) is 0 Å². The van der Waals surface area contributed by atoms with Gasteiger partial charge in [-0.15, -0.1) is 0 Å². The summed E-state index contributed by atoms with van der Waals surface area (Å²) >= 11 is 1.93. The predicted molar refractivity (Wildman–Crippen MR) is 118 cm³/mol. The molecule has 0 aliphatic rings. The van der Waals surface area contributed by atoms with Crippen LogP contribution in [-0.4, -0.2) is 34.0 Å². The van der Waals surface area contributed by atoms with Gasteiger partial charge in [-0.05, 0) is 39.8 Å². The topological polar surface area (TPSA) is 104 Å². The van der Waals surface area contributed by atoms with Gasteiger partial charge in [0.1, 0.15) is 5.75 Å². The minimum atomic E-state index is -0.658. The van der Waals surface area contributed by atoms with E-state index in [1.807, 2.05) is 22.6 Å². The normalized spacial score (nSPS) is 12.3. The van der Waals surface area contributed by atoms with Gasteiger partial charge in [0.25, 0.3) is 0 Å². The second-order valence-electron chi connectivity index (χ2n) is 6.33. The number of carbonyl (C=O) groups is 2. The van der Waals surface area contributed by atoms with Gasteiger partial charge in [-0.1, -0.05) is 47.4 Å². The number of allylic oxidation sites excluding steroid dienone is 2. The minimum absolute atomic E-state index is 0.0502. The summed E-state index contributed by atoms with van der Waals surface area (Å²) in [6.07, 6.45) is 1.31. The Hall–Kier alpha value is -2.81. The first-order valence-electron chi connectivity index (χ1n) is 8.69. The molecule has 0 heterocycles. The number of para-hydroxylation sites is 1. The molecular formula is C22H21IO6. The molecule has 0 amide bonds. The summed E-state index contributed by atoms with van der Waals surface area (Å²) in [5.74, 6) is -2.45. The Balaban J connectivity index is 2.43. The molecule has 2 aromatic carbocycles. The van der Waals surface area contributed by atoms with Gasteiger partial charge in [0, 0.05) is 18.4 Å². The van der Waals surface area contributed by atoms with Crippen molar-refractivity contribution in [1.29, 1.82) is 0 Å². The lowest BCUT2D eigenvalue weighted by Gasteiger charge is -2.18. The highest BCUT2D eigenvalue weighted by Crippen LogP contribution is 2.40. The van der Waals surface area contributed by atoms with Crippen molar-refractivity contribution in [3.8, 4) is 23.0 Å². The van der Waals surface area contributed by atoms with Crippen LogP contribution < -0.4 is 4.74 Å². The standard InChI is InChI=1S/C22H21IO6/c1-3-13(12-23)17(24)8-14(15-10-19(26)22(28)20(27)11-15)9-18(25)16-6-4-5-7-21(16)29-2/h3-7,10-12,14,26-28H,1,8-9H2,2H3/b13-12-. The number of methoxy groups -OCH3 is 1. The van der Waals surface area contributed by atoms with E-state index >= 15 is 0 Å². The molecule has 0 spiro atoms. The molecule has 0 aliphatic heterocycles. The van der Waals surface area contributed by atoms with E-state index in [4.69, 9.17) is 4.74 Å². The predicted octanol–water partition coefficient (Wildman–Crippen LogP) is 4.63. The number of ketones is 2. The van der Waals surface area contributed by atoms with Gasteiger partial charge in [-0.2, -0.15) is 0 Å². The number of rotatable bonds is 9. The maximum absolute atomic E-state index is 12.9. The van der Waals surface area contributed by atoms with Gasteiger partial charge >= 0.3 is 0 Å². The van der Waals surface area contributed by atoms with Gasteiger partial charge in [-0.3, -0.25) is 9.59 Å². The third-order valence-electron chi connectivity index (χ3n) is 4.49. The molecule has 152 valence electrons. The Morgan fingerprint density at radius 3 is 2.31 bits per heavy atom. The molecule has 0 saturated carbocycles. The van der Waals surface area contributed by atoms with Crippen molar-refractivity contribution < 1.29 is 29.6 Å². The molecule has 1 unspecified atom stereocenters. The first-order valence-corrected chi connectivity index (χ1v) is 9.94. The monoisotopic (exact) mass is 508 g/mol. The highest BCUT2D eigenvalue weighted by atomic mass is 127. The number of phenolic OH excluding ortho intramolecular Hbond substituents is 3. The molecule has 0 aromatic heterocycles. The number of halogens is 1. The first-order chi connectivity index (χ1) is 13.8. The fraction of sp³-hybridized carbons (Fsp3) is 0.182. The Bertz CT molecular complexity index is 941. The molecular weight excluding hydrogens is 487 g/mol. The smallest absolute Gasteiger partial charge is 0.200 e. The fourth-order valence-electron chi connectivity index (χ4n) is 2.94. The Morgan fingerprint density at radius 1 is 1.14 bits per heavy atom. The quantitative estimate of drug-likeness (QED) is 0.150. The molecule has 7 heteroatoms. The zero-order valence-corrected chi connectivity index (χ0v) is 17.9. The molecule has 2 aromatic rings. The second-order valence-corrected chi connectivity index (χ2v) is 6.95.